The third-order valence-corrected chi connectivity index (χ3v) is 2.79. The lowest BCUT2D eigenvalue weighted by Crippen LogP contribution is -2.10. The number of nitrogens with one attached hydrogen (secondary N) is 2. The number of aromatic nitrogens is 3. The maximum atomic E-state index is 5.36. The third-order valence-electron chi connectivity index (χ3n) is 2.79. The maximum absolute atomic E-state index is 5.36. The molecule has 2 aromatic rings. The van der Waals surface area contributed by atoms with Crippen LogP contribution in [0.15, 0.2) is 24.3 Å². The van der Waals surface area contributed by atoms with Gasteiger partial charge in [-0.05, 0) is 26.3 Å². The first-order valence-corrected chi connectivity index (χ1v) is 7.13. The van der Waals surface area contributed by atoms with Crippen molar-refractivity contribution in [3.05, 3.63) is 35.4 Å². The van der Waals surface area contributed by atoms with E-state index in [9.17, 15) is 0 Å². The van der Waals surface area contributed by atoms with Gasteiger partial charge < -0.3 is 15.4 Å². The van der Waals surface area contributed by atoms with Crippen molar-refractivity contribution in [1.29, 1.82) is 0 Å². The van der Waals surface area contributed by atoms with Crippen LogP contribution >= 0.6 is 0 Å². The Morgan fingerprint density at radius 1 is 0.952 bits per heavy atom. The Labute approximate surface area is 125 Å². The summed E-state index contributed by atoms with van der Waals surface area (Å²) in [6.07, 6.45) is 0. The first-order chi connectivity index (χ1) is 10.2. The van der Waals surface area contributed by atoms with Crippen molar-refractivity contribution >= 4 is 11.9 Å². The van der Waals surface area contributed by atoms with Crippen LogP contribution in [-0.2, 0) is 6.54 Å². The summed E-state index contributed by atoms with van der Waals surface area (Å²) in [5.41, 5.74) is 2.41. The van der Waals surface area contributed by atoms with E-state index in [4.69, 9.17) is 4.74 Å². The molecule has 0 aliphatic rings. The molecule has 0 atom stereocenters. The number of aryl methyl sites for hydroxylation is 1. The molecule has 0 radical (unpaired) electrons. The molecule has 6 heteroatoms. The van der Waals surface area contributed by atoms with Gasteiger partial charge in [-0.25, -0.2) is 0 Å². The van der Waals surface area contributed by atoms with Crippen LogP contribution in [-0.4, -0.2) is 28.1 Å². The highest BCUT2D eigenvalue weighted by Crippen LogP contribution is 2.12. The zero-order valence-electron chi connectivity index (χ0n) is 12.7. The number of benzene rings is 1. The summed E-state index contributed by atoms with van der Waals surface area (Å²) in [6.45, 7) is 7.88. The van der Waals surface area contributed by atoms with Gasteiger partial charge in [-0.1, -0.05) is 29.8 Å². The van der Waals surface area contributed by atoms with E-state index in [-0.39, 0.29) is 0 Å². The highest BCUT2D eigenvalue weighted by Gasteiger charge is 2.06. The number of ether oxygens (including phenoxy) is 1. The normalized spacial score (nSPS) is 10.2. The summed E-state index contributed by atoms with van der Waals surface area (Å²) in [7, 11) is 0. The molecule has 0 aliphatic carbocycles. The number of hydrogen-bond acceptors (Lipinski definition) is 6. The van der Waals surface area contributed by atoms with E-state index in [0.717, 1.165) is 6.54 Å². The van der Waals surface area contributed by atoms with Crippen LogP contribution in [0.3, 0.4) is 0 Å². The second-order valence-corrected chi connectivity index (χ2v) is 4.57. The molecule has 0 saturated carbocycles. The first kappa shape index (κ1) is 15.0. The lowest BCUT2D eigenvalue weighted by molar-refractivity contribution is 0.312. The van der Waals surface area contributed by atoms with Gasteiger partial charge >= 0.3 is 6.01 Å². The molecule has 1 aromatic carbocycles. The topological polar surface area (TPSA) is 72.0 Å². The Bertz CT molecular complexity index is 547. The Morgan fingerprint density at radius 2 is 1.62 bits per heavy atom. The van der Waals surface area contributed by atoms with E-state index in [1.165, 1.54) is 11.1 Å². The molecule has 0 aliphatic heterocycles. The van der Waals surface area contributed by atoms with Crippen molar-refractivity contribution in [3.8, 4) is 6.01 Å². The summed E-state index contributed by atoms with van der Waals surface area (Å²) in [5.74, 6) is 1.02. The molecular formula is C15H21N5O. The summed E-state index contributed by atoms with van der Waals surface area (Å²) >= 11 is 0. The zero-order chi connectivity index (χ0) is 15.1. The molecular weight excluding hydrogens is 266 g/mol. The number of nitrogens with zero attached hydrogens (tertiary/aromatic N) is 3. The van der Waals surface area contributed by atoms with Gasteiger partial charge in [0.2, 0.25) is 11.9 Å². The highest BCUT2D eigenvalue weighted by molar-refractivity contribution is 5.36. The Balaban J connectivity index is 2.08. The van der Waals surface area contributed by atoms with Crippen molar-refractivity contribution in [3.63, 3.8) is 0 Å². The molecule has 21 heavy (non-hydrogen) atoms. The minimum absolute atomic E-state index is 0.329. The molecule has 1 heterocycles. The summed E-state index contributed by atoms with van der Waals surface area (Å²) in [6, 6.07) is 8.66. The fourth-order valence-corrected chi connectivity index (χ4v) is 1.75. The number of hydrogen-bond donors (Lipinski definition) is 2. The summed E-state index contributed by atoms with van der Waals surface area (Å²) in [5, 5.41) is 6.27. The third kappa shape index (κ3) is 4.59. The van der Waals surface area contributed by atoms with E-state index in [2.05, 4.69) is 56.8 Å². The molecule has 112 valence electrons. The van der Waals surface area contributed by atoms with Gasteiger partial charge in [0.25, 0.3) is 0 Å². The minimum atomic E-state index is 0.329. The Hall–Kier alpha value is -2.37. The van der Waals surface area contributed by atoms with Gasteiger partial charge in [0.15, 0.2) is 0 Å². The van der Waals surface area contributed by atoms with Crippen LogP contribution in [0.2, 0.25) is 0 Å². The second kappa shape index (κ2) is 7.42. The fraction of sp³-hybridized carbons (Fsp3) is 0.400. The van der Waals surface area contributed by atoms with Gasteiger partial charge in [0, 0.05) is 13.1 Å². The zero-order valence-corrected chi connectivity index (χ0v) is 12.7. The predicted molar refractivity (Wildman–Crippen MR) is 83.7 cm³/mol. The average Bonchev–Trinajstić information content (AvgIpc) is 2.47. The van der Waals surface area contributed by atoms with Crippen LogP contribution in [0, 0.1) is 6.92 Å². The van der Waals surface area contributed by atoms with Crippen molar-refractivity contribution in [2.75, 3.05) is 23.8 Å². The maximum Gasteiger partial charge on any atom is 0.323 e. The number of anilines is 2. The molecule has 0 saturated heterocycles. The Morgan fingerprint density at radius 3 is 2.24 bits per heavy atom. The molecule has 2 N–H and O–H groups in total. The first-order valence-electron chi connectivity index (χ1n) is 7.13. The minimum Gasteiger partial charge on any atom is -0.464 e. The van der Waals surface area contributed by atoms with Crippen LogP contribution in [0.4, 0.5) is 11.9 Å². The molecule has 0 fully saturated rings. The van der Waals surface area contributed by atoms with E-state index in [1.54, 1.807) is 0 Å². The summed E-state index contributed by atoms with van der Waals surface area (Å²) < 4.78 is 5.36. The molecule has 0 unspecified atom stereocenters. The Kier molecular flexibility index (Phi) is 5.31. The SMILES string of the molecule is CCNc1nc(NCc2ccc(C)cc2)nc(OCC)n1. The standard InChI is InChI=1S/C15H21N5O/c1-4-16-13-18-14(20-15(19-13)21-5-2)17-10-12-8-6-11(3)7-9-12/h6-9H,4-5,10H2,1-3H3,(H2,16,17,18,19,20). The molecule has 0 spiro atoms. The van der Waals surface area contributed by atoms with Crippen LogP contribution in [0.1, 0.15) is 25.0 Å². The number of rotatable bonds is 7. The smallest absolute Gasteiger partial charge is 0.323 e. The van der Waals surface area contributed by atoms with Crippen molar-refractivity contribution in [1.82, 2.24) is 15.0 Å². The predicted octanol–water partition coefficient (Wildman–Crippen LogP) is 2.62. The van der Waals surface area contributed by atoms with Crippen molar-refractivity contribution in [2.24, 2.45) is 0 Å². The second-order valence-electron chi connectivity index (χ2n) is 4.57. The molecule has 2 rings (SSSR count). The van der Waals surface area contributed by atoms with Gasteiger partial charge in [-0.2, -0.15) is 15.0 Å². The monoisotopic (exact) mass is 287 g/mol. The molecule has 0 amide bonds. The quantitative estimate of drug-likeness (QED) is 0.815. The molecule has 0 bridgehead atoms. The van der Waals surface area contributed by atoms with Crippen LogP contribution in [0.25, 0.3) is 0 Å². The van der Waals surface area contributed by atoms with Gasteiger partial charge in [-0.15, -0.1) is 0 Å². The van der Waals surface area contributed by atoms with E-state index in [1.807, 2.05) is 13.8 Å². The lowest BCUT2D eigenvalue weighted by Gasteiger charge is -2.09. The largest absolute Gasteiger partial charge is 0.464 e. The lowest BCUT2D eigenvalue weighted by atomic mass is 10.1. The highest BCUT2D eigenvalue weighted by atomic mass is 16.5. The fourth-order valence-electron chi connectivity index (χ4n) is 1.75. The van der Waals surface area contributed by atoms with E-state index < -0.39 is 0 Å². The van der Waals surface area contributed by atoms with Crippen molar-refractivity contribution in [2.45, 2.75) is 27.3 Å². The van der Waals surface area contributed by atoms with E-state index >= 15 is 0 Å². The van der Waals surface area contributed by atoms with Crippen molar-refractivity contribution < 1.29 is 4.74 Å². The van der Waals surface area contributed by atoms with Crippen LogP contribution in [0.5, 0.6) is 6.01 Å². The van der Waals surface area contributed by atoms with E-state index in [0.29, 0.717) is 31.1 Å². The van der Waals surface area contributed by atoms with Gasteiger partial charge in [-0.3, -0.25) is 0 Å². The van der Waals surface area contributed by atoms with Gasteiger partial charge in [0.05, 0.1) is 6.61 Å². The summed E-state index contributed by atoms with van der Waals surface area (Å²) in [4.78, 5) is 12.7. The molecule has 6 nitrogen and oxygen atoms in total. The van der Waals surface area contributed by atoms with Gasteiger partial charge in [0.1, 0.15) is 0 Å². The van der Waals surface area contributed by atoms with Crippen LogP contribution < -0.4 is 15.4 Å². The average molecular weight is 287 g/mol. The molecule has 1 aromatic heterocycles.